The molecule has 2 N–H and O–H groups in total. The molecule has 0 saturated heterocycles. The quantitative estimate of drug-likeness (QED) is 0.663. The van der Waals surface area contributed by atoms with Crippen molar-refractivity contribution in [2.24, 2.45) is 0 Å². The van der Waals surface area contributed by atoms with Crippen molar-refractivity contribution in [3.05, 3.63) is 24.9 Å². The van der Waals surface area contributed by atoms with Gasteiger partial charge < -0.3 is 4.74 Å². The number of rotatable bonds is 3. The Labute approximate surface area is 69.4 Å². The van der Waals surface area contributed by atoms with Crippen molar-refractivity contribution >= 4 is 11.9 Å². The maximum absolute atomic E-state index is 10.8. The van der Waals surface area contributed by atoms with E-state index < -0.39 is 6.09 Å². The van der Waals surface area contributed by atoms with Crippen molar-refractivity contribution in [3.63, 3.8) is 0 Å². The number of ether oxygens (including phenoxy) is 1. The number of carbonyl (C=O) groups excluding carboxylic acids is 1. The van der Waals surface area contributed by atoms with Crippen LogP contribution in [-0.2, 0) is 4.74 Å². The zero-order valence-corrected chi connectivity index (χ0v) is 6.41. The van der Waals surface area contributed by atoms with Gasteiger partial charge in [-0.05, 0) is 0 Å². The molecule has 0 bridgehead atoms. The highest BCUT2D eigenvalue weighted by atomic mass is 16.5. The SMILES string of the molecule is C=CCOC(=O)Nc1ccn[nH]1. The maximum atomic E-state index is 10.8. The number of carbonyl (C=O) groups is 1. The van der Waals surface area contributed by atoms with Gasteiger partial charge in [0.25, 0.3) is 0 Å². The summed E-state index contributed by atoms with van der Waals surface area (Å²) in [5, 5.41) is 8.63. The summed E-state index contributed by atoms with van der Waals surface area (Å²) in [4.78, 5) is 10.8. The van der Waals surface area contributed by atoms with Crippen molar-refractivity contribution in [1.82, 2.24) is 10.2 Å². The number of hydrogen-bond acceptors (Lipinski definition) is 3. The summed E-state index contributed by atoms with van der Waals surface area (Å²) in [6.45, 7) is 3.60. The van der Waals surface area contributed by atoms with E-state index in [1.807, 2.05) is 0 Å². The monoisotopic (exact) mass is 167 g/mol. The van der Waals surface area contributed by atoms with Gasteiger partial charge in [0.2, 0.25) is 0 Å². The van der Waals surface area contributed by atoms with E-state index >= 15 is 0 Å². The van der Waals surface area contributed by atoms with Crippen LogP contribution in [-0.4, -0.2) is 22.9 Å². The third kappa shape index (κ3) is 2.45. The number of aromatic amines is 1. The lowest BCUT2D eigenvalue weighted by molar-refractivity contribution is 0.174. The molecule has 5 heteroatoms. The lowest BCUT2D eigenvalue weighted by atomic mass is 10.6. The Bertz CT molecular complexity index is 256. The number of aromatic nitrogens is 2. The molecule has 1 rings (SSSR count). The van der Waals surface area contributed by atoms with Gasteiger partial charge in [0.15, 0.2) is 0 Å². The molecule has 0 fully saturated rings. The van der Waals surface area contributed by atoms with Crippen LogP contribution < -0.4 is 5.32 Å². The number of anilines is 1. The van der Waals surface area contributed by atoms with Gasteiger partial charge in [0, 0.05) is 6.07 Å². The minimum atomic E-state index is -0.529. The van der Waals surface area contributed by atoms with Crippen molar-refractivity contribution in [3.8, 4) is 0 Å². The van der Waals surface area contributed by atoms with E-state index in [0.717, 1.165) is 0 Å². The first kappa shape index (κ1) is 8.32. The second kappa shape index (κ2) is 4.17. The minimum Gasteiger partial charge on any atom is -0.445 e. The fourth-order valence-corrected chi connectivity index (χ4v) is 0.606. The molecule has 1 heterocycles. The number of nitrogens with one attached hydrogen (secondary N) is 2. The molecule has 0 unspecified atom stereocenters. The third-order valence-electron chi connectivity index (χ3n) is 1.07. The van der Waals surface area contributed by atoms with Crippen LogP contribution in [0, 0.1) is 0 Å². The van der Waals surface area contributed by atoms with E-state index in [0.29, 0.717) is 5.82 Å². The first-order chi connectivity index (χ1) is 5.83. The van der Waals surface area contributed by atoms with Gasteiger partial charge in [-0.25, -0.2) is 4.79 Å². The van der Waals surface area contributed by atoms with Crippen LogP contribution in [0.4, 0.5) is 10.6 Å². The van der Waals surface area contributed by atoms with Crippen molar-refractivity contribution in [1.29, 1.82) is 0 Å². The Kier molecular flexibility index (Phi) is 2.89. The molecule has 0 aliphatic rings. The van der Waals surface area contributed by atoms with Gasteiger partial charge in [-0.1, -0.05) is 12.7 Å². The molecule has 1 aromatic rings. The highest BCUT2D eigenvalue weighted by Crippen LogP contribution is 1.98. The summed E-state index contributed by atoms with van der Waals surface area (Å²) in [5.41, 5.74) is 0. The van der Waals surface area contributed by atoms with Crippen LogP contribution in [0.5, 0.6) is 0 Å². The van der Waals surface area contributed by atoms with Crippen LogP contribution in [0.2, 0.25) is 0 Å². The zero-order valence-electron chi connectivity index (χ0n) is 6.41. The predicted molar refractivity (Wildman–Crippen MR) is 43.8 cm³/mol. The van der Waals surface area contributed by atoms with Crippen molar-refractivity contribution < 1.29 is 9.53 Å². The summed E-state index contributed by atoms with van der Waals surface area (Å²) >= 11 is 0. The lowest BCUT2D eigenvalue weighted by Crippen LogP contribution is -2.13. The number of hydrogen-bond donors (Lipinski definition) is 2. The Morgan fingerprint density at radius 1 is 1.92 bits per heavy atom. The summed E-state index contributed by atoms with van der Waals surface area (Å²) in [5.74, 6) is 0.504. The first-order valence-electron chi connectivity index (χ1n) is 3.37. The Hall–Kier alpha value is -1.78. The second-order valence-corrected chi connectivity index (χ2v) is 1.98. The molecule has 0 saturated carbocycles. The number of nitrogens with zero attached hydrogens (tertiary/aromatic N) is 1. The zero-order chi connectivity index (χ0) is 8.81. The van der Waals surface area contributed by atoms with Gasteiger partial charge >= 0.3 is 6.09 Å². The predicted octanol–water partition coefficient (Wildman–Crippen LogP) is 1.14. The number of H-pyrrole nitrogens is 1. The van der Waals surface area contributed by atoms with E-state index in [4.69, 9.17) is 0 Å². The summed E-state index contributed by atoms with van der Waals surface area (Å²) in [6.07, 6.45) is 2.49. The van der Waals surface area contributed by atoms with Crippen LogP contribution in [0.1, 0.15) is 0 Å². The highest BCUT2D eigenvalue weighted by molar-refractivity contribution is 5.83. The maximum Gasteiger partial charge on any atom is 0.413 e. The molecule has 0 spiro atoms. The summed E-state index contributed by atoms with van der Waals surface area (Å²) in [7, 11) is 0. The van der Waals surface area contributed by atoms with Crippen LogP contribution >= 0.6 is 0 Å². The van der Waals surface area contributed by atoms with Crippen LogP contribution in [0.15, 0.2) is 24.9 Å². The van der Waals surface area contributed by atoms with Crippen molar-refractivity contribution in [2.75, 3.05) is 11.9 Å². The van der Waals surface area contributed by atoms with Crippen molar-refractivity contribution in [2.45, 2.75) is 0 Å². The largest absolute Gasteiger partial charge is 0.445 e. The first-order valence-corrected chi connectivity index (χ1v) is 3.37. The Morgan fingerprint density at radius 2 is 2.75 bits per heavy atom. The van der Waals surface area contributed by atoms with E-state index in [-0.39, 0.29) is 6.61 Å². The summed E-state index contributed by atoms with van der Waals surface area (Å²) < 4.78 is 4.65. The van der Waals surface area contributed by atoms with Crippen LogP contribution in [0.25, 0.3) is 0 Å². The molecule has 0 aliphatic carbocycles. The standard InChI is InChI=1S/C7H9N3O2/c1-2-5-12-7(11)9-6-3-4-8-10-6/h2-4H,1,5H2,(H2,8,9,10,11). The fourth-order valence-electron chi connectivity index (χ4n) is 0.606. The van der Waals surface area contributed by atoms with Gasteiger partial charge in [-0.3, -0.25) is 10.4 Å². The molecular formula is C7H9N3O2. The molecule has 1 amide bonds. The van der Waals surface area contributed by atoms with E-state index in [1.165, 1.54) is 12.3 Å². The molecule has 0 radical (unpaired) electrons. The lowest BCUT2D eigenvalue weighted by Gasteiger charge is -2.01. The van der Waals surface area contributed by atoms with Crippen LogP contribution in [0.3, 0.4) is 0 Å². The Balaban J connectivity index is 2.32. The van der Waals surface area contributed by atoms with Gasteiger partial charge in [0.1, 0.15) is 12.4 Å². The summed E-state index contributed by atoms with van der Waals surface area (Å²) in [6, 6.07) is 1.62. The molecule has 12 heavy (non-hydrogen) atoms. The molecule has 0 aliphatic heterocycles. The van der Waals surface area contributed by atoms with E-state index in [2.05, 4.69) is 26.8 Å². The molecular weight excluding hydrogens is 158 g/mol. The normalized spacial score (nSPS) is 9.00. The number of amides is 1. The van der Waals surface area contributed by atoms with E-state index in [1.54, 1.807) is 6.07 Å². The van der Waals surface area contributed by atoms with Gasteiger partial charge in [0.05, 0.1) is 6.20 Å². The topological polar surface area (TPSA) is 67.0 Å². The Morgan fingerprint density at radius 3 is 3.33 bits per heavy atom. The highest BCUT2D eigenvalue weighted by Gasteiger charge is 2.00. The fraction of sp³-hybridized carbons (Fsp3) is 0.143. The van der Waals surface area contributed by atoms with E-state index in [9.17, 15) is 4.79 Å². The van der Waals surface area contributed by atoms with Gasteiger partial charge in [-0.15, -0.1) is 0 Å². The average Bonchev–Trinajstić information content (AvgIpc) is 2.53. The average molecular weight is 167 g/mol. The minimum absolute atomic E-state index is 0.194. The smallest absolute Gasteiger partial charge is 0.413 e. The van der Waals surface area contributed by atoms with Gasteiger partial charge in [-0.2, -0.15) is 5.10 Å². The second-order valence-electron chi connectivity index (χ2n) is 1.98. The third-order valence-corrected chi connectivity index (χ3v) is 1.07. The molecule has 0 aromatic carbocycles. The molecule has 5 nitrogen and oxygen atoms in total. The molecule has 64 valence electrons. The molecule has 0 atom stereocenters. The molecule has 1 aromatic heterocycles.